The number of amides is 1. The van der Waals surface area contributed by atoms with E-state index < -0.39 is 0 Å². The van der Waals surface area contributed by atoms with Crippen LogP contribution < -0.4 is 15.4 Å². The second-order valence-corrected chi connectivity index (χ2v) is 5.00. The molecule has 22 heavy (non-hydrogen) atoms. The van der Waals surface area contributed by atoms with E-state index in [1.165, 1.54) is 0 Å². The highest BCUT2D eigenvalue weighted by molar-refractivity contribution is 5.93. The first kappa shape index (κ1) is 16.0. The molecule has 0 unspecified atom stereocenters. The summed E-state index contributed by atoms with van der Waals surface area (Å²) in [5.74, 6) is 1.79. The summed E-state index contributed by atoms with van der Waals surface area (Å²) in [5.41, 5.74) is 1.09. The molecule has 2 aromatic rings. The van der Waals surface area contributed by atoms with Gasteiger partial charge in [-0.05, 0) is 31.0 Å². The predicted octanol–water partition coefficient (Wildman–Crippen LogP) is 2.50. The van der Waals surface area contributed by atoms with Gasteiger partial charge in [0, 0.05) is 12.6 Å². The molecule has 0 fully saturated rings. The van der Waals surface area contributed by atoms with Gasteiger partial charge in [0.15, 0.2) is 5.82 Å². The minimum atomic E-state index is -0.292. The van der Waals surface area contributed by atoms with E-state index in [4.69, 9.17) is 9.26 Å². The lowest BCUT2D eigenvalue weighted by Crippen LogP contribution is -2.39. The Kier molecular flexibility index (Phi) is 5.55. The van der Waals surface area contributed by atoms with Crippen molar-refractivity contribution in [1.29, 1.82) is 0 Å². The van der Waals surface area contributed by atoms with Crippen molar-refractivity contribution >= 4 is 11.7 Å². The summed E-state index contributed by atoms with van der Waals surface area (Å²) in [7, 11) is 1.64. The summed E-state index contributed by atoms with van der Waals surface area (Å²) >= 11 is 0. The number of rotatable bonds is 7. The molecule has 118 valence electrons. The van der Waals surface area contributed by atoms with Gasteiger partial charge in [-0.25, -0.2) is 0 Å². The molecule has 6 heteroatoms. The predicted molar refractivity (Wildman–Crippen MR) is 83.8 cm³/mol. The van der Waals surface area contributed by atoms with Gasteiger partial charge >= 0.3 is 0 Å². The second kappa shape index (κ2) is 7.61. The summed E-state index contributed by atoms with van der Waals surface area (Å²) in [5, 5.41) is 9.74. The van der Waals surface area contributed by atoms with Crippen molar-refractivity contribution in [2.75, 3.05) is 12.4 Å². The topological polar surface area (TPSA) is 76.4 Å². The zero-order chi connectivity index (χ0) is 15.9. The lowest BCUT2D eigenvalue weighted by molar-refractivity contribution is -0.118. The van der Waals surface area contributed by atoms with Crippen LogP contribution in [-0.4, -0.2) is 24.2 Å². The number of aryl methyl sites for hydroxylation is 1. The fourth-order valence-corrected chi connectivity index (χ4v) is 2.05. The van der Waals surface area contributed by atoms with Crippen molar-refractivity contribution < 1.29 is 14.1 Å². The summed E-state index contributed by atoms with van der Waals surface area (Å²) in [6.07, 6.45) is 0.679. The highest BCUT2D eigenvalue weighted by Gasteiger charge is 2.17. The molecule has 1 amide bonds. The number of benzene rings is 1. The normalized spacial score (nSPS) is 12.0. The van der Waals surface area contributed by atoms with Crippen LogP contribution in [0, 0.1) is 6.92 Å². The van der Waals surface area contributed by atoms with Crippen LogP contribution in [0.2, 0.25) is 0 Å². The summed E-state index contributed by atoms with van der Waals surface area (Å²) in [4.78, 5) is 12.2. The molecule has 0 aliphatic heterocycles. The zero-order valence-electron chi connectivity index (χ0n) is 13.1. The molecule has 1 atom stereocenters. The molecular formula is C16H21N3O3. The monoisotopic (exact) mass is 303 g/mol. The third kappa shape index (κ3) is 4.33. The highest BCUT2D eigenvalue weighted by Crippen LogP contribution is 2.12. The van der Waals surface area contributed by atoms with Crippen LogP contribution in [0.3, 0.4) is 0 Å². The van der Waals surface area contributed by atoms with Gasteiger partial charge in [0.05, 0.1) is 13.2 Å². The maximum Gasteiger partial charge on any atom is 0.242 e. The quantitative estimate of drug-likeness (QED) is 0.822. The Morgan fingerprint density at radius 1 is 1.36 bits per heavy atom. The first-order valence-electron chi connectivity index (χ1n) is 7.23. The van der Waals surface area contributed by atoms with Crippen LogP contribution in [0.4, 0.5) is 5.82 Å². The minimum absolute atomic E-state index is 0.121. The standard InChI is InChI=1S/C16H21N3O3/c1-4-14(16(20)18-15-9-11(2)22-19-15)17-10-12-5-7-13(21-3)8-6-12/h5-9,14,17H,4,10H2,1-3H3,(H,18,19,20)/t14-/m1/s1. The van der Waals surface area contributed by atoms with Crippen LogP contribution in [0.15, 0.2) is 34.9 Å². The van der Waals surface area contributed by atoms with Crippen molar-refractivity contribution in [3.05, 3.63) is 41.7 Å². The largest absolute Gasteiger partial charge is 0.497 e. The average Bonchev–Trinajstić information content (AvgIpc) is 2.93. The van der Waals surface area contributed by atoms with Crippen molar-refractivity contribution in [2.24, 2.45) is 0 Å². The Balaban J connectivity index is 1.89. The van der Waals surface area contributed by atoms with E-state index in [2.05, 4.69) is 15.8 Å². The van der Waals surface area contributed by atoms with Crippen LogP contribution in [0.1, 0.15) is 24.7 Å². The van der Waals surface area contributed by atoms with Gasteiger partial charge < -0.3 is 19.9 Å². The van der Waals surface area contributed by atoms with E-state index in [1.807, 2.05) is 31.2 Å². The number of ether oxygens (including phenoxy) is 1. The summed E-state index contributed by atoms with van der Waals surface area (Å²) < 4.78 is 10.1. The van der Waals surface area contributed by atoms with Gasteiger partial charge in [0.1, 0.15) is 11.5 Å². The number of nitrogens with zero attached hydrogens (tertiary/aromatic N) is 1. The third-order valence-electron chi connectivity index (χ3n) is 3.32. The van der Waals surface area contributed by atoms with Gasteiger partial charge in [-0.3, -0.25) is 4.79 Å². The maximum absolute atomic E-state index is 12.2. The summed E-state index contributed by atoms with van der Waals surface area (Å²) in [6.45, 7) is 4.34. The number of hydrogen-bond acceptors (Lipinski definition) is 5. The van der Waals surface area contributed by atoms with Gasteiger partial charge in [0.2, 0.25) is 5.91 Å². The Morgan fingerprint density at radius 2 is 2.09 bits per heavy atom. The molecular weight excluding hydrogens is 282 g/mol. The zero-order valence-corrected chi connectivity index (χ0v) is 13.1. The van der Waals surface area contributed by atoms with E-state index in [9.17, 15) is 4.79 Å². The molecule has 6 nitrogen and oxygen atoms in total. The number of carbonyl (C=O) groups is 1. The number of methoxy groups -OCH3 is 1. The molecule has 0 spiro atoms. The van der Waals surface area contributed by atoms with Crippen molar-refractivity contribution in [2.45, 2.75) is 32.9 Å². The second-order valence-electron chi connectivity index (χ2n) is 5.00. The molecule has 2 N–H and O–H groups in total. The molecule has 0 radical (unpaired) electrons. The van der Waals surface area contributed by atoms with Crippen LogP contribution in [0.5, 0.6) is 5.75 Å². The van der Waals surface area contributed by atoms with E-state index in [1.54, 1.807) is 20.1 Å². The molecule has 0 saturated carbocycles. The highest BCUT2D eigenvalue weighted by atomic mass is 16.5. The lowest BCUT2D eigenvalue weighted by atomic mass is 10.1. The fraction of sp³-hybridized carbons (Fsp3) is 0.375. The van der Waals surface area contributed by atoms with Crippen molar-refractivity contribution in [1.82, 2.24) is 10.5 Å². The van der Waals surface area contributed by atoms with Gasteiger partial charge in [0.25, 0.3) is 0 Å². The SMILES string of the molecule is CC[C@@H](NCc1ccc(OC)cc1)C(=O)Nc1cc(C)on1. The van der Waals surface area contributed by atoms with Crippen molar-refractivity contribution in [3.8, 4) is 5.75 Å². The molecule has 0 aliphatic rings. The Hall–Kier alpha value is -2.34. The van der Waals surface area contributed by atoms with E-state index in [0.717, 1.165) is 11.3 Å². The molecule has 0 bridgehead atoms. The number of hydrogen-bond donors (Lipinski definition) is 2. The molecule has 1 aromatic carbocycles. The smallest absolute Gasteiger partial charge is 0.242 e. The maximum atomic E-state index is 12.2. The average molecular weight is 303 g/mol. The first-order valence-corrected chi connectivity index (χ1v) is 7.23. The lowest BCUT2D eigenvalue weighted by Gasteiger charge is -2.16. The minimum Gasteiger partial charge on any atom is -0.497 e. The number of carbonyl (C=O) groups excluding carboxylic acids is 1. The van der Waals surface area contributed by atoms with Gasteiger partial charge in [-0.2, -0.15) is 0 Å². The van der Waals surface area contributed by atoms with E-state index in [0.29, 0.717) is 24.5 Å². The van der Waals surface area contributed by atoms with Crippen molar-refractivity contribution in [3.63, 3.8) is 0 Å². The van der Waals surface area contributed by atoms with Crippen LogP contribution in [0.25, 0.3) is 0 Å². The van der Waals surface area contributed by atoms with E-state index >= 15 is 0 Å². The number of aromatic nitrogens is 1. The van der Waals surface area contributed by atoms with Crippen LogP contribution >= 0.6 is 0 Å². The summed E-state index contributed by atoms with van der Waals surface area (Å²) in [6, 6.07) is 9.13. The first-order chi connectivity index (χ1) is 10.6. The van der Waals surface area contributed by atoms with Crippen LogP contribution in [-0.2, 0) is 11.3 Å². The number of anilines is 1. The fourth-order valence-electron chi connectivity index (χ4n) is 2.05. The van der Waals surface area contributed by atoms with Gasteiger partial charge in [-0.1, -0.05) is 24.2 Å². The molecule has 0 aliphatic carbocycles. The Morgan fingerprint density at radius 3 is 2.64 bits per heavy atom. The Bertz CT molecular complexity index is 607. The number of nitrogens with one attached hydrogen (secondary N) is 2. The van der Waals surface area contributed by atoms with E-state index in [-0.39, 0.29) is 11.9 Å². The third-order valence-corrected chi connectivity index (χ3v) is 3.32. The molecule has 2 rings (SSSR count). The van der Waals surface area contributed by atoms with Gasteiger partial charge in [-0.15, -0.1) is 0 Å². The molecule has 1 aromatic heterocycles. The molecule has 1 heterocycles. The molecule has 0 saturated heterocycles. The Labute approximate surface area is 129 Å².